The van der Waals surface area contributed by atoms with Crippen molar-refractivity contribution in [2.45, 2.75) is 24.5 Å². The number of nitrogens with zero attached hydrogens (tertiary/aromatic N) is 4. The Bertz CT molecular complexity index is 1320. The molecule has 0 saturated heterocycles. The van der Waals surface area contributed by atoms with E-state index in [4.69, 9.17) is 0 Å². The van der Waals surface area contributed by atoms with Crippen molar-refractivity contribution in [3.63, 3.8) is 0 Å². The fourth-order valence-corrected chi connectivity index (χ4v) is 5.04. The highest BCUT2D eigenvalue weighted by Crippen LogP contribution is 2.28. The van der Waals surface area contributed by atoms with Crippen LogP contribution >= 0.6 is 11.8 Å². The predicted molar refractivity (Wildman–Crippen MR) is 137 cm³/mol. The number of fused-ring (bicyclic) bond motifs is 1. The second-order valence-corrected chi connectivity index (χ2v) is 9.13. The third-order valence-electron chi connectivity index (χ3n) is 5.89. The molecule has 1 aliphatic heterocycles. The molecule has 8 heteroatoms. The Hall–Kier alpha value is -3.91. The number of aryl methyl sites for hydroxylation is 1. The minimum atomic E-state index is -0.179. The normalized spacial score (nSPS) is 12.7. The number of nitrogens with one attached hydrogen (secondary N) is 1. The zero-order valence-electron chi connectivity index (χ0n) is 19.1. The van der Waals surface area contributed by atoms with E-state index >= 15 is 0 Å². The van der Waals surface area contributed by atoms with Gasteiger partial charge in [-0.05, 0) is 48.7 Å². The van der Waals surface area contributed by atoms with Crippen molar-refractivity contribution in [3.05, 3.63) is 102 Å². The summed E-state index contributed by atoms with van der Waals surface area (Å²) in [5.74, 6) is 0.708. The van der Waals surface area contributed by atoms with Gasteiger partial charge in [-0.15, -0.1) is 10.2 Å². The van der Waals surface area contributed by atoms with Gasteiger partial charge in [0, 0.05) is 23.5 Å². The van der Waals surface area contributed by atoms with Gasteiger partial charge in [-0.3, -0.25) is 14.2 Å². The van der Waals surface area contributed by atoms with Crippen LogP contribution in [0, 0.1) is 0 Å². The van der Waals surface area contributed by atoms with Gasteiger partial charge < -0.3 is 10.2 Å². The van der Waals surface area contributed by atoms with E-state index in [0.29, 0.717) is 16.5 Å². The smallest absolute Gasteiger partial charge is 0.251 e. The number of thioether (sulfide) groups is 1. The lowest BCUT2D eigenvalue weighted by molar-refractivity contribution is -0.116. The molecule has 1 aliphatic rings. The monoisotopic (exact) mass is 483 g/mol. The summed E-state index contributed by atoms with van der Waals surface area (Å²) >= 11 is 1.36. The number of carbonyl (C=O) groups is 2. The summed E-state index contributed by atoms with van der Waals surface area (Å²) < 4.78 is 1.90. The highest BCUT2D eigenvalue weighted by Gasteiger charge is 2.23. The molecule has 0 radical (unpaired) electrons. The molecule has 2 heterocycles. The number of para-hydroxylation sites is 2. The van der Waals surface area contributed by atoms with Crippen molar-refractivity contribution >= 4 is 29.3 Å². The Morgan fingerprint density at radius 3 is 2.40 bits per heavy atom. The molecule has 0 aliphatic carbocycles. The average Bonchev–Trinajstić information content (AvgIpc) is 3.33. The van der Waals surface area contributed by atoms with Crippen LogP contribution in [0.25, 0.3) is 5.69 Å². The van der Waals surface area contributed by atoms with Crippen LogP contribution in [0.4, 0.5) is 5.69 Å². The van der Waals surface area contributed by atoms with E-state index in [0.717, 1.165) is 30.8 Å². The lowest BCUT2D eigenvalue weighted by Gasteiger charge is -2.29. The van der Waals surface area contributed by atoms with E-state index in [1.54, 1.807) is 12.1 Å². The number of benzene rings is 3. The third-order valence-corrected chi connectivity index (χ3v) is 6.81. The van der Waals surface area contributed by atoms with E-state index in [9.17, 15) is 9.59 Å². The minimum Gasteiger partial charge on any atom is -0.345 e. The summed E-state index contributed by atoms with van der Waals surface area (Å²) in [6.07, 6.45) is 1.95. The fourth-order valence-electron chi connectivity index (χ4n) is 4.19. The highest BCUT2D eigenvalue weighted by atomic mass is 32.2. The van der Waals surface area contributed by atoms with E-state index in [2.05, 4.69) is 21.6 Å². The van der Waals surface area contributed by atoms with Crippen LogP contribution in [0.5, 0.6) is 0 Å². The van der Waals surface area contributed by atoms with Crippen LogP contribution in [-0.2, 0) is 17.8 Å². The van der Waals surface area contributed by atoms with Gasteiger partial charge in [-0.2, -0.15) is 0 Å². The van der Waals surface area contributed by atoms with E-state index in [1.807, 2.05) is 76.2 Å². The van der Waals surface area contributed by atoms with Gasteiger partial charge in [0.15, 0.2) is 11.0 Å². The van der Waals surface area contributed by atoms with Gasteiger partial charge in [-0.1, -0.05) is 66.4 Å². The number of hydrogen-bond donors (Lipinski definition) is 1. The topological polar surface area (TPSA) is 80.1 Å². The Kier molecular flexibility index (Phi) is 6.90. The van der Waals surface area contributed by atoms with Crippen LogP contribution in [0.1, 0.15) is 28.2 Å². The second-order valence-electron chi connectivity index (χ2n) is 8.18. The van der Waals surface area contributed by atoms with E-state index in [-0.39, 0.29) is 24.1 Å². The summed E-state index contributed by atoms with van der Waals surface area (Å²) in [5.41, 5.74) is 3.67. The first-order valence-electron chi connectivity index (χ1n) is 11.5. The zero-order chi connectivity index (χ0) is 24.0. The van der Waals surface area contributed by atoms with Gasteiger partial charge in [0.1, 0.15) is 0 Å². The van der Waals surface area contributed by atoms with Crippen molar-refractivity contribution in [1.29, 1.82) is 0 Å². The molecule has 0 saturated carbocycles. The molecule has 2 amide bonds. The fraction of sp³-hybridized carbons (Fsp3) is 0.185. The Morgan fingerprint density at radius 1 is 0.886 bits per heavy atom. The molecule has 1 aromatic heterocycles. The van der Waals surface area contributed by atoms with Crippen LogP contribution < -0.4 is 10.2 Å². The van der Waals surface area contributed by atoms with Gasteiger partial charge in [-0.25, -0.2) is 0 Å². The van der Waals surface area contributed by atoms with Crippen molar-refractivity contribution < 1.29 is 9.59 Å². The van der Waals surface area contributed by atoms with Crippen LogP contribution in [0.15, 0.2) is 90.1 Å². The third kappa shape index (κ3) is 5.12. The lowest BCUT2D eigenvalue weighted by Crippen LogP contribution is -2.36. The zero-order valence-corrected chi connectivity index (χ0v) is 19.9. The van der Waals surface area contributed by atoms with Gasteiger partial charge in [0.05, 0.1) is 12.3 Å². The molecule has 0 spiro atoms. The number of carbonyl (C=O) groups excluding carboxylic acids is 2. The van der Waals surface area contributed by atoms with Gasteiger partial charge >= 0.3 is 0 Å². The molecular formula is C27H25N5O2S. The molecule has 4 aromatic rings. The molecule has 35 heavy (non-hydrogen) atoms. The molecule has 0 atom stereocenters. The minimum absolute atomic E-state index is 0.0451. The lowest BCUT2D eigenvalue weighted by atomic mass is 10.0. The number of rotatable bonds is 7. The number of anilines is 1. The summed E-state index contributed by atoms with van der Waals surface area (Å²) in [5, 5.41) is 12.2. The SMILES string of the molecule is O=C(NCc1nnc(SCC(=O)N2CCCc3ccccc32)n1-c1ccccc1)c1ccccc1. The first kappa shape index (κ1) is 22.9. The van der Waals surface area contributed by atoms with Crippen molar-refractivity contribution in [1.82, 2.24) is 20.1 Å². The quantitative estimate of drug-likeness (QED) is 0.397. The summed E-state index contributed by atoms with van der Waals surface area (Å²) in [7, 11) is 0. The second kappa shape index (κ2) is 10.6. The molecule has 7 nitrogen and oxygen atoms in total. The molecule has 176 valence electrons. The Balaban J connectivity index is 1.33. The number of hydrogen-bond acceptors (Lipinski definition) is 5. The van der Waals surface area contributed by atoms with Crippen LogP contribution in [0.2, 0.25) is 0 Å². The standard InChI is InChI=1S/C27H25N5O2S/c33-25(31-17-9-13-20-10-7-8-16-23(20)31)19-35-27-30-29-24(32(27)22-14-5-2-6-15-22)18-28-26(34)21-11-3-1-4-12-21/h1-8,10-12,14-16H,9,13,17-19H2,(H,28,34). The maximum absolute atomic E-state index is 13.2. The highest BCUT2D eigenvalue weighted by molar-refractivity contribution is 7.99. The van der Waals surface area contributed by atoms with Crippen LogP contribution in [-0.4, -0.2) is 38.9 Å². The van der Waals surface area contributed by atoms with E-state index in [1.165, 1.54) is 17.3 Å². The summed E-state index contributed by atoms with van der Waals surface area (Å²) in [6, 6.07) is 26.9. The van der Waals surface area contributed by atoms with Gasteiger partial charge in [0.25, 0.3) is 5.91 Å². The largest absolute Gasteiger partial charge is 0.345 e. The molecule has 0 bridgehead atoms. The maximum atomic E-state index is 13.2. The molecular weight excluding hydrogens is 458 g/mol. The summed E-state index contributed by atoms with van der Waals surface area (Å²) in [6.45, 7) is 0.933. The van der Waals surface area contributed by atoms with Gasteiger partial charge in [0.2, 0.25) is 5.91 Å². The average molecular weight is 484 g/mol. The van der Waals surface area contributed by atoms with Crippen molar-refractivity contribution in [2.75, 3.05) is 17.2 Å². The molecule has 1 N–H and O–H groups in total. The van der Waals surface area contributed by atoms with Crippen molar-refractivity contribution in [2.24, 2.45) is 0 Å². The first-order valence-corrected chi connectivity index (χ1v) is 12.5. The number of aromatic nitrogens is 3. The number of amides is 2. The molecule has 0 unspecified atom stereocenters. The maximum Gasteiger partial charge on any atom is 0.251 e. The molecule has 3 aromatic carbocycles. The Labute approximate surface area is 208 Å². The van der Waals surface area contributed by atoms with Crippen LogP contribution in [0.3, 0.4) is 0 Å². The first-order chi connectivity index (χ1) is 17.2. The Morgan fingerprint density at radius 2 is 1.60 bits per heavy atom. The van der Waals surface area contributed by atoms with E-state index < -0.39 is 0 Å². The molecule has 0 fully saturated rings. The molecule has 5 rings (SSSR count). The van der Waals surface area contributed by atoms with Crippen molar-refractivity contribution in [3.8, 4) is 5.69 Å². The predicted octanol–water partition coefficient (Wildman–Crippen LogP) is 4.27. The summed E-state index contributed by atoms with van der Waals surface area (Å²) in [4.78, 5) is 27.6.